The van der Waals surface area contributed by atoms with Gasteiger partial charge in [0, 0.05) is 14.0 Å². The van der Waals surface area contributed by atoms with Gasteiger partial charge in [0.15, 0.2) is 6.29 Å². The Kier molecular flexibility index (Phi) is 3.82. The second-order valence-corrected chi connectivity index (χ2v) is 3.06. The molecule has 0 amide bonds. The largest absolute Gasteiger partial charge is 0.463 e. The topological polar surface area (TPSA) is 85.2 Å². The lowest BCUT2D eigenvalue weighted by molar-refractivity contribution is -0.164. The first kappa shape index (κ1) is 11.4. The minimum Gasteiger partial charge on any atom is -0.463 e. The van der Waals surface area contributed by atoms with Gasteiger partial charge >= 0.3 is 5.97 Å². The standard InChI is InChI=1S/C8H14O6/c1-4(9)13-3-5-6(10)7(11)8(12-2)14-5/h5-8,10-11H,3H2,1-2H3/t5-,6-,7-,8-/m1/s1. The number of carbonyl (C=O) groups is 1. The molecule has 1 saturated heterocycles. The first-order valence-corrected chi connectivity index (χ1v) is 4.24. The zero-order valence-corrected chi connectivity index (χ0v) is 8.04. The number of methoxy groups -OCH3 is 1. The van der Waals surface area contributed by atoms with Crippen LogP contribution in [0, 0.1) is 0 Å². The summed E-state index contributed by atoms with van der Waals surface area (Å²) in [7, 11) is 1.36. The number of hydrogen-bond donors (Lipinski definition) is 2. The fraction of sp³-hybridized carbons (Fsp3) is 0.875. The van der Waals surface area contributed by atoms with Crippen molar-refractivity contribution < 1.29 is 29.2 Å². The average molecular weight is 206 g/mol. The lowest BCUT2D eigenvalue weighted by Crippen LogP contribution is -2.35. The smallest absolute Gasteiger partial charge is 0.302 e. The van der Waals surface area contributed by atoms with Gasteiger partial charge in [-0.15, -0.1) is 0 Å². The molecule has 0 saturated carbocycles. The highest BCUT2D eigenvalue weighted by Gasteiger charge is 2.43. The fourth-order valence-electron chi connectivity index (χ4n) is 1.25. The molecular formula is C8H14O6. The molecule has 4 atom stereocenters. The maximum Gasteiger partial charge on any atom is 0.302 e. The molecule has 1 fully saturated rings. The number of ether oxygens (including phenoxy) is 3. The lowest BCUT2D eigenvalue weighted by Gasteiger charge is -2.13. The molecule has 6 nitrogen and oxygen atoms in total. The molecule has 14 heavy (non-hydrogen) atoms. The molecule has 1 heterocycles. The van der Waals surface area contributed by atoms with Crippen molar-refractivity contribution in [3.63, 3.8) is 0 Å². The van der Waals surface area contributed by atoms with E-state index in [9.17, 15) is 15.0 Å². The van der Waals surface area contributed by atoms with E-state index in [0.29, 0.717) is 0 Å². The summed E-state index contributed by atoms with van der Waals surface area (Å²) >= 11 is 0. The third-order valence-electron chi connectivity index (χ3n) is 2.00. The second kappa shape index (κ2) is 4.70. The molecule has 0 spiro atoms. The molecule has 0 aromatic rings. The maximum absolute atomic E-state index is 10.5. The summed E-state index contributed by atoms with van der Waals surface area (Å²) in [5.74, 6) is -0.462. The second-order valence-electron chi connectivity index (χ2n) is 3.06. The normalized spacial score (nSPS) is 37.1. The Labute approximate surface area is 81.4 Å². The highest BCUT2D eigenvalue weighted by atomic mass is 16.7. The zero-order valence-electron chi connectivity index (χ0n) is 8.04. The predicted molar refractivity (Wildman–Crippen MR) is 44.3 cm³/mol. The van der Waals surface area contributed by atoms with Gasteiger partial charge in [-0.3, -0.25) is 4.79 Å². The molecule has 0 aromatic heterocycles. The Hall–Kier alpha value is -0.690. The van der Waals surface area contributed by atoms with Crippen molar-refractivity contribution >= 4 is 5.97 Å². The Bertz CT molecular complexity index is 206. The minimum atomic E-state index is -1.11. The Morgan fingerprint density at radius 1 is 1.43 bits per heavy atom. The number of hydrogen-bond acceptors (Lipinski definition) is 6. The summed E-state index contributed by atoms with van der Waals surface area (Å²) in [4.78, 5) is 10.5. The van der Waals surface area contributed by atoms with Crippen LogP contribution in [-0.4, -0.2) is 54.5 Å². The van der Waals surface area contributed by atoms with Crippen LogP contribution in [0.25, 0.3) is 0 Å². The monoisotopic (exact) mass is 206 g/mol. The number of aliphatic hydroxyl groups excluding tert-OH is 2. The maximum atomic E-state index is 10.5. The molecule has 6 heteroatoms. The third-order valence-corrected chi connectivity index (χ3v) is 2.00. The number of carbonyl (C=O) groups excluding carboxylic acids is 1. The van der Waals surface area contributed by atoms with Gasteiger partial charge in [0.05, 0.1) is 0 Å². The molecule has 1 aliphatic rings. The van der Waals surface area contributed by atoms with Gasteiger partial charge < -0.3 is 24.4 Å². The van der Waals surface area contributed by atoms with Crippen molar-refractivity contribution in [2.75, 3.05) is 13.7 Å². The van der Waals surface area contributed by atoms with Gasteiger partial charge in [-0.2, -0.15) is 0 Å². The van der Waals surface area contributed by atoms with Crippen LogP contribution < -0.4 is 0 Å². The van der Waals surface area contributed by atoms with Crippen molar-refractivity contribution in [1.82, 2.24) is 0 Å². The van der Waals surface area contributed by atoms with Crippen molar-refractivity contribution in [3.8, 4) is 0 Å². The predicted octanol–water partition coefficient (Wildman–Crippen LogP) is -1.36. The van der Waals surface area contributed by atoms with E-state index in [-0.39, 0.29) is 6.61 Å². The van der Waals surface area contributed by atoms with Gasteiger partial charge in [0.2, 0.25) is 0 Å². The van der Waals surface area contributed by atoms with Gasteiger partial charge in [-0.1, -0.05) is 0 Å². The van der Waals surface area contributed by atoms with Gasteiger partial charge in [-0.25, -0.2) is 0 Å². The van der Waals surface area contributed by atoms with E-state index < -0.39 is 30.6 Å². The Balaban J connectivity index is 2.44. The van der Waals surface area contributed by atoms with Crippen molar-refractivity contribution in [3.05, 3.63) is 0 Å². The lowest BCUT2D eigenvalue weighted by atomic mass is 10.1. The van der Waals surface area contributed by atoms with Crippen LogP contribution in [0.15, 0.2) is 0 Å². The SMILES string of the molecule is CO[C@@H]1O[C@H](COC(C)=O)[C@@H](O)[C@H]1O. The van der Waals surface area contributed by atoms with E-state index in [2.05, 4.69) is 4.74 Å². The summed E-state index contributed by atoms with van der Waals surface area (Å²) in [6, 6.07) is 0. The van der Waals surface area contributed by atoms with Crippen LogP contribution in [0.4, 0.5) is 0 Å². The van der Waals surface area contributed by atoms with E-state index in [1.54, 1.807) is 0 Å². The highest BCUT2D eigenvalue weighted by molar-refractivity contribution is 5.65. The van der Waals surface area contributed by atoms with Crippen molar-refractivity contribution in [1.29, 1.82) is 0 Å². The number of rotatable bonds is 3. The molecule has 0 aliphatic carbocycles. The fourth-order valence-corrected chi connectivity index (χ4v) is 1.25. The summed E-state index contributed by atoms with van der Waals surface area (Å²) in [6.45, 7) is 1.17. The van der Waals surface area contributed by atoms with Crippen LogP contribution >= 0.6 is 0 Å². The van der Waals surface area contributed by atoms with E-state index in [0.717, 1.165) is 0 Å². The molecule has 0 aromatic carbocycles. The number of esters is 1. The first-order chi connectivity index (χ1) is 6.56. The molecule has 1 rings (SSSR count). The van der Waals surface area contributed by atoms with Gasteiger partial charge in [0.1, 0.15) is 24.9 Å². The molecule has 0 bridgehead atoms. The van der Waals surface area contributed by atoms with Crippen LogP contribution in [0.3, 0.4) is 0 Å². The Morgan fingerprint density at radius 2 is 2.07 bits per heavy atom. The van der Waals surface area contributed by atoms with E-state index in [1.165, 1.54) is 14.0 Å². The van der Waals surface area contributed by atoms with Gasteiger partial charge in [0.25, 0.3) is 0 Å². The molecule has 0 radical (unpaired) electrons. The van der Waals surface area contributed by atoms with Crippen LogP contribution in [0.5, 0.6) is 0 Å². The molecular weight excluding hydrogens is 192 g/mol. The van der Waals surface area contributed by atoms with E-state index in [1.807, 2.05) is 0 Å². The third kappa shape index (κ3) is 2.42. The van der Waals surface area contributed by atoms with Crippen LogP contribution in [0.1, 0.15) is 6.92 Å². The van der Waals surface area contributed by atoms with Gasteiger partial charge in [-0.05, 0) is 0 Å². The zero-order chi connectivity index (χ0) is 10.7. The quantitative estimate of drug-likeness (QED) is 0.555. The highest BCUT2D eigenvalue weighted by Crippen LogP contribution is 2.21. The molecule has 2 N–H and O–H groups in total. The average Bonchev–Trinajstić information content (AvgIpc) is 2.41. The first-order valence-electron chi connectivity index (χ1n) is 4.24. The van der Waals surface area contributed by atoms with Crippen molar-refractivity contribution in [2.45, 2.75) is 31.5 Å². The van der Waals surface area contributed by atoms with E-state index >= 15 is 0 Å². The summed E-state index contributed by atoms with van der Waals surface area (Å²) < 4.78 is 14.5. The number of aliphatic hydroxyl groups is 2. The Morgan fingerprint density at radius 3 is 2.50 bits per heavy atom. The summed E-state index contributed by atoms with van der Waals surface area (Å²) in [6.07, 6.45) is -3.82. The molecule has 0 unspecified atom stereocenters. The molecule has 82 valence electrons. The van der Waals surface area contributed by atoms with E-state index in [4.69, 9.17) is 9.47 Å². The molecule has 1 aliphatic heterocycles. The minimum absolute atomic E-state index is 0.0899. The summed E-state index contributed by atoms with van der Waals surface area (Å²) in [5.41, 5.74) is 0. The van der Waals surface area contributed by atoms with Crippen LogP contribution in [0.2, 0.25) is 0 Å². The van der Waals surface area contributed by atoms with Crippen LogP contribution in [-0.2, 0) is 19.0 Å². The van der Waals surface area contributed by atoms with Crippen molar-refractivity contribution in [2.24, 2.45) is 0 Å². The summed E-state index contributed by atoms with van der Waals surface area (Å²) in [5, 5.41) is 18.8.